The Morgan fingerprint density at radius 3 is 3.07 bits per heavy atom. The average molecular weight is 272 g/mol. The quantitative estimate of drug-likeness (QED) is 0.867. The van der Waals surface area contributed by atoms with Gasteiger partial charge >= 0.3 is 0 Å². The number of hydrogen-bond donors (Lipinski definition) is 1. The third-order valence-corrected chi connectivity index (χ3v) is 3.37. The van der Waals surface area contributed by atoms with Gasteiger partial charge in [0.05, 0.1) is 0 Å². The molecule has 1 aromatic rings. The van der Waals surface area contributed by atoms with Crippen LogP contribution >= 0.6 is 15.9 Å². The number of nitrogens with one attached hydrogen (secondary N) is 1. The van der Waals surface area contributed by atoms with Crippen LogP contribution in [0.3, 0.4) is 0 Å². The molecular weight excluding hydrogens is 257 g/mol. The van der Waals surface area contributed by atoms with Crippen LogP contribution in [-0.2, 0) is 6.42 Å². The van der Waals surface area contributed by atoms with Gasteiger partial charge in [0.1, 0.15) is 5.82 Å². The number of hydrogen-bond acceptors (Lipinski definition) is 1. The smallest absolute Gasteiger partial charge is 0.127 e. The number of benzene rings is 1. The van der Waals surface area contributed by atoms with E-state index in [1.807, 2.05) is 6.07 Å². The molecule has 0 radical (unpaired) electrons. The Kier molecular flexibility index (Phi) is 3.42. The van der Waals surface area contributed by atoms with E-state index in [9.17, 15) is 4.39 Å². The van der Waals surface area contributed by atoms with Crippen LogP contribution in [0.2, 0.25) is 0 Å². The van der Waals surface area contributed by atoms with Crippen molar-refractivity contribution in [1.82, 2.24) is 5.32 Å². The van der Waals surface area contributed by atoms with Crippen molar-refractivity contribution in [2.24, 2.45) is 0 Å². The summed E-state index contributed by atoms with van der Waals surface area (Å²) in [5.74, 6) is -0.0676. The van der Waals surface area contributed by atoms with E-state index in [1.54, 1.807) is 6.07 Å². The maximum absolute atomic E-state index is 13.7. The first-order chi connectivity index (χ1) is 7.22. The normalized spacial score (nSPS) is 20.1. The summed E-state index contributed by atoms with van der Waals surface area (Å²) >= 11 is 3.35. The molecule has 0 bridgehead atoms. The molecule has 0 aromatic heterocycles. The van der Waals surface area contributed by atoms with Gasteiger partial charge in [0, 0.05) is 10.5 Å². The minimum absolute atomic E-state index is 0.0676. The first kappa shape index (κ1) is 11.1. The molecule has 0 saturated heterocycles. The summed E-state index contributed by atoms with van der Waals surface area (Å²) in [4.78, 5) is 0. The zero-order chi connectivity index (χ0) is 10.8. The summed E-state index contributed by atoms with van der Waals surface area (Å²) < 4.78 is 14.5. The predicted molar refractivity (Wildman–Crippen MR) is 63.5 cm³/mol. The molecule has 2 rings (SSSR count). The lowest BCUT2D eigenvalue weighted by Crippen LogP contribution is -2.30. The van der Waals surface area contributed by atoms with Gasteiger partial charge in [-0.05, 0) is 42.6 Å². The van der Waals surface area contributed by atoms with Gasteiger partial charge < -0.3 is 5.32 Å². The van der Waals surface area contributed by atoms with E-state index >= 15 is 0 Å². The first-order valence-electron chi connectivity index (χ1n) is 5.43. The second-order valence-electron chi connectivity index (χ2n) is 4.00. The second-order valence-corrected chi connectivity index (χ2v) is 4.92. The van der Waals surface area contributed by atoms with Crippen molar-refractivity contribution in [3.63, 3.8) is 0 Å². The highest BCUT2D eigenvalue weighted by Crippen LogP contribution is 2.30. The molecule has 1 aliphatic rings. The maximum atomic E-state index is 13.7. The fourth-order valence-electron chi connectivity index (χ4n) is 2.23. The average Bonchev–Trinajstić information content (AvgIpc) is 2.19. The molecule has 1 heterocycles. The van der Waals surface area contributed by atoms with E-state index in [2.05, 4.69) is 28.2 Å². The van der Waals surface area contributed by atoms with Crippen LogP contribution in [0, 0.1) is 5.82 Å². The van der Waals surface area contributed by atoms with Crippen molar-refractivity contribution in [3.05, 3.63) is 33.5 Å². The lowest BCUT2D eigenvalue weighted by molar-refractivity contribution is 0.457. The van der Waals surface area contributed by atoms with E-state index < -0.39 is 0 Å². The Morgan fingerprint density at radius 2 is 2.33 bits per heavy atom. The molecular formula is C12H15BrFN. The van der Waals surface area contributed by atoms with Crippen molar-refractivity contribution < 1.29 is 4.39 Å². The van der Waals surface area contributed by atoms with Crippen molar-refractivity contribution in [2.75, 3.05) is 6.54 Å². The molecule has 1 unspecified atom stereocenters. The standard InChI is InChI=1S/C12H15BrFN/c1-2-3-12-10-6-8(13)7-11(14)9(10)4-5-15-12/h6-7,12,15H,2-5H2,1H3. The SMILES string of the molecule is CCCC1NCCc2c(F)cc(Br)cc21. The van der Waals surface area contributed by atoms with Crippen molar-refractivity contribution in [3.8, 4) is 0 Å². The Morgan fingerprint density at radius 1 is 1.53 bits per heavy atom. The van der Waals surface area contributed by atoms with Gasteiger partial charge in [-0.3, -0.25) is 0 Å². The third kappa shape index (κ3) is 2.23. The van der Waals surface area contributed by atoms with E-state index in [1.165, 1.54) is 0 Å². The molecule has 1 aliphatic heterocycles. The molecule has 0 spiro atoms. The van der Waals surface area contributed by atoms with Gasteiger partial charge in [-0.15, -0.1) is 0 Å². The topological polar surface area (TPSA) is 12.0 Å². The minimum Gasteiger partial charge on any atom is -0.310 e. The summed E-state index contributed by atoms with van der Waals surface area (Å²) in [5, 5.41) is 3.44. The molecule has 0 amide bonds. The van der Waals surface area contributed by atoms with Crippen LogP contribution in [-0.4, -0.2) is 6.54 Å². The summed E-state index contributed by atoms with van der Waals surface area (Å²) in [6, 6.07) is 3.93. The summed E-state index contributed by atoms with van der Waals surface area (Å²) in [5.41, 5.74) is 2.03. The van der Waals surface area contributed by atoms with Gasteiger partial charge in [-0.2, -0.15) is 0 Å². The number of rotatable bonds is 2. The molecule has 0 fully saturated rings. The summed E-state index contributed by atoms with van der Waals surface area (Å²) in [6.07, 6.45) is 2.99. The van der Waals surface area contributed by atoms with Crippen LogP contribution in [0.15, 0.2) is 16.6 Å². The van der Waals surface area contributed by atoms with Crippen molar-refractivity contribution >= 4 is 15.9 Å². The Hall–Kier alpha value is -0.410. The van der Waals surface area contributed by atoms with Crippen LogP contribution in [0.25, 0.3) is 0 Å². The second kappa shape index (κ2) is 4.62. The maximum Gasteiger partial charge on any atom is 0.127 e. The van der Waals surface area contributed by atoms with Crippen LogP contribution < -0.4 is 5.32 Å². The van der Waals surface area contributed by atoms with Crippen molar-refractivity contribution in [2.45, 2.75) is 32.2 Å². The lowest BCUT2D eigenvalue weighted by atomic mass is 9.91. The largest absolute Gasteiger partial charge is 0.310 e. The molecule has 1 nitrogen and oxygen atoms in total. The third-order valence-electron chi connectivity index (χ3n) is 2.91. The van der Waals surface area contributed by atoms with E-state index in [0.717, 1.165) is 41.4 Å². The highest BCUT2D eigenvalue weighted by atomic mass is 79.9. The monoisotopic (exact) mass is 271 g/mol. The lowest BCUT2D eigenvalue weighted by Gasteiger charge is -2.27. The highest BCUT2D eigenvalue weighted by molar-refractivity contribution is 9.10. The molecule has 0 aliphatic carbocycles. The zero-order valence-corrected chi connectivity index (χ0v) is 10.4. The summed E-state index contributed by atoms with van der Waals surface area (Å²) in [7, 11) is 0. The first-order valence-corrected chi connectivity index (χ1v) is 6.23. The van der Waals surface area contributed by atoms with E-state index in [-0.39, 0.29) is 5.82 Å². The molecule has 15 heavy (non-hydrogen) atoms. The molecule has 1 N–H and O–H groups in total. The predicted octanol–water partition coefficient (Wildman–Crippen LogP) is 3.58. The van der Waals surface area contributed by atoms with Crippen LogP contribution in [0.5, 0.6) is 0 Å². The van der Waals surface area contributed by atoms with Crippen molar-refractivity contribution in [1.29, 1.82) is 0 Å². The fourth-order valence-corrected chi connectivity index (χ4v) is 2.67. The van der Waals surface area contributed by atoms with Gasteiger partial charge in [0.2, 0.25) is 0 Å². The molecule has 82 valence electrons. The minimum atomic E-state index is -0.0676. The fraction of sp³-hybridized carbons (Fsp3) is 0.500. The summed E-state index contributed by atoms with van der Waals surface area (Å²) in [6.45, 7) is 3.04. The molecule has 3 heteroatoms. The molecule has 0 saturated carbocycles. The van der Waals surface area contributed by atoms with Crippen LogP contribution in [0.4, 0.5) is 4.39 Å². The molecule has 1 atom stereocenters. The number of fused-ring (bicyclic) bond motifs is 1. The van der Waals surface area contributed by atoms with Gasteiger partial charge in [0.25, 0.3) is 0 Å². The van der Waals surface area contributed by atoms with Gasteiger partial charge in [0.15, 0.2) is 0 Å². The van der Waals surface area contributed by atoms with Gasteiger partial charge in [-0.25, -0.2) is 4.39 Å². The number of halogens is 2. The van der Waals surface area contributed by atoms with E-state index in [0.29, 0.717) is 6.04 Å². The Balaban J connectivity index is 2.41. The highest BCUT2D eigenvalue weighted by Gasteiger charge is 2.21. The zero-order valence-electron chi connectivity index (χ0n) is 8.82. The molecule has 1 aromatic carbocycles. The Labute approximate surface area is 98.2 Å². The Bertz CT molecular complexity index is 365. The van der Waals surface area contributed by atoms with E-state index in [4.69, 9.17) is 0 Å². The van der Waals surface area contributed by atoms with Gasteiger partial charge in [-0.1, -0.05) is 29.3 Å². The van der Waals surface area contributed by atoms with Crippen LogP contribution in [0.1, 0.15) is 36.9 Å².